The molecule has 3 unspecified atom stereocenters. The molecule has 0 radical (unpaired) electrons. The lowest BCUT2D eigenvalue weighted by Gasteiger charge is -2.39. The molecule has 4 rings (SSSR count). The van der Waals surface area contributed by atoms with Gasteiger partial charge in [-0.05, 0) is 55.1 Å². The predicted octanol–water partition coefficient (Wildman–Crippen LogP) is 2.93. The van der Waals surface area contributed by atoms with Crippen molar-refractivity contribution >= 4 is 0 Å². The minimum absolute atomic E-state index is 0.113. The Bertz CT molecular complexity index is 636. The Morgan fingerprint density at radius 1 is 1.00 bits per heavy atom. The summed E-state index contributed by atoms with van der Waals surface area (Å²) in [6.07, 6.45) is 6.30. The third-order valence-electron chi connectivity index (χ3n) is 5.42. The first kappa shape index (κ1) is 15.8. The van der Waals surface area contributed by atoms with E-state index in [9.17, 15) is 0 Å². The maximum atomic E-state index is 6.50. The molecule has 2 N–H and O–H groups in total. The summed E-state index contributed by atoms with van der Waals surface area (Å²) in [5, 5.41) is 0. The first-order valence-electron chi connectivity index (χ1n) is 8.89. The minimum Gasteiger partial charge on any atom is -0.371 e. The van der Waals surface area contributed by atoms with Gasteiger partial charge in [-0.1, -0.05) is 30.3 Å². The van der Waals surface area contributed by atoms with E-state index in [4.69, 9.17) is 10.5 Å². The highest BCUT2D eigenvalue weighted by molar-refractivity contribution is 5.22. The molecular formula is C20H25N3O. The van der Waals surface area contributed by atoms with Gasteiger partial charge < -0.3 is 10.5 Å². The fourth-order valence-electron chi connectivity index (χ4n) is 3.96. The van der Waals surface area contributed by atoms with Gasteiger partial charge in [0.2, 0.25) is 0 Å². The van der Waals surface area contributed by atoms with Gasteiger partial charge >= 0.3 is 0 Å². The van der Waals surface area contributed by atoms with Crippen molar-refractivity contribution in [2.24, 2.45) is 11.7 Å². The summed E-state index contributed by atoms with van der Waals surface area (Å²) < 4.78 is 5.65. The van der Waals surface area contributed by atoms with Crippen LogP contribution in [0, 0.1) is 5.92 Å². The van der Waals surface area contributed by atoms with Crippen LogP contribution in [0.3, 0.4) is 0 Å². The largest absolute Gasteiger partial charge is 0.371 e. The molecule has 2 aliphatic heterocycles. The van der Waals surface area contributed by atoms with E-state index in [1.165, 1.54) is 11.1 Å². The van der Waals surface area contributed by atoms with Gasteiger partial charge in [-0.25, -0.2) is 0 Å². The molecule has 3 heterocycles. The van der Waals surface area contributed by atoms with Crippen molar-refractivity contribution in [3.8, 4) is 0 Å². The van der Waals surface area contributed by atoms with Crippen molar-refractivity contribution in [1.29, 1.82) is 0 Å². The standard InChI is InChI=1S/C20H25N3O/c21-19(15-6-10-22-11-7-15)16-8-12-23(13-9-16)20(18-14-24-18)17-4-2-1-3-5-17/h1-7,10-11,16,18-20H,8-9,12-14,21H2. The zero-order valence-corrected chi connectivity index (χ0v) is 13.9. The molecule has 0 saturated carbocycles. The van der Waals surface area contributed by atoms with Crippen LogP contribution in [0.2, 0.25) is 0 Å². The minimum atomic E-state index is 0.113. The fourth-order valence-corrected chi connectivity index (χ4v) is 3.96. The van der Waals surface area contributed by atoms with E-state index in [0.717, 1.165) is 32.5 Å². The lowest BCUT2D eigenvalue weighted by molar-refractivity contribution is 0.103. The molecule has 1 aromatic heterocycles. The number of hydrogen-bond donors (Lipinski definition) is 1. The molecule has 1 aromatic carbocycles. The summed E-state index contributed by atoms with van der Waals surface area (Å²) in [5.41, 5.74) is 9.08. The molecule has 0 bridgehead atoms. The summed E-state index contributed by atoms with van der Waals surface area (Å²) in [7, 11) is 0. The van der Waals surface area contributed by atoms with Gasteiger partial charge in [-0.3, -0.25) is 9.88 Å². The van der Waals surface area contributed by atoms with Gasteiger partial charge in [0, 0.05) is 18.4 Å². The second kappa shape index (κ2) is 7.01. The smallest absolute Gasteiger partial charge is 0.101 e. The maximum absolute atomic E-state index is 6.50. The van der Waals surface area contributed by atoms with Gasteiger partial charge in [-0.15, -0.1) is 0 Å². The number of aromatic nitrogens is 1. The van der Waals surface area contributed by atoms with E-state index in [1.807, 2.05) is 24.5 Å². The average Bonchev–Trinajstić information content (AvgIpc) is 3.49. The van der Waals surface area contributed by atoms with Crippen LogP contribution in [-0.4, -0.2) is 35.7 Å². The van der Waals surface area contributed by atoms with Crippen molar-refractivity contribution in [2.45, 2.75) is 31.0 Å². The summed E-state index contributed by atoms with van der Waals surface area (Å²) in [6.45, 7) is 3.06. The number of nitrogens with zero attached hydrogens (tertiary/aromatic N) is 2. The molecule has 24 heavy (non-hydrogen) atoms. The van der Waals surface area contributed by atoms with Crippen molar-refractivity contribution in [3.63, 3.8) is 0 Å². The number of pyridine rings is 1. The first-order chi connectivity index (χ1) is 11.8. The summed E-state index contributed by atoms with van der Waals surface area (Å²) in [6, 6.07) is 15.4. The first-order valence-corrected chi connectivity index (χ1v) is 8.89. The Balaban J connectivity index is 1.42. The van der Waals surface area contributed by atoms with E-state index < -0.39 is 0 Å². The molecule has 4 nitrogen and oxygen atoms in total. The lowest BCUT2D eigenvalue weighted by Crippen LogP contribution is -2.41. The zero-order valence-electron chi connectivity index (χ0n) is 13.9. The number of epoxide rings is 1. The molecule has 2 aromatic rings. The van der Waals surface area contributed by atoms with E-state index in [-0.39, 0.29) is 6.04 Å². The van der Waals surface area contributed by atoms with Crippen LogP contribution >= 0.6 is 0 Å². The maximum Gasteiger partial charge on any atom is 0.101 e. The topological polar surface area (TPSA) is 54.7 Å². The number of hydrogen-bond acceptors (Lipinski definition) is 4. The highest BCUT2D eigenvalue weighted by Gasteiger charge is 2.39. The van der Waals surface area contributed by atoms with E-state index in [1.54, 1.807) is 0 Å². The Hall–Kier alpha value is -1.75. The lowest BCUT2D eigenvalue weighted by atomic mass is 9.85. The van der Waals surface area contributed by atoms with Crippen molar-refractivity contribution < 1.29 is 4.74 Å². The monoisotopic (exact) mass is 323 g/mol. The molecule has 126 valence electrons. The van der Waals surface area contributed by atoms with Gasteiger partial charge in [0.05, 0.1) is 12.6 Å². The van der Waals surface area contributed by atoms with Crippen LogP contribution < -0.4 is 5.73 Å². The number of ether oxygens (including phenoxy) is 1. The molecule has 2 saturated heterocycles. The van der Waals surface area contributed by atoms with Gasteiger partial charge in [0.15, 0.2) is 0 Å². The number of nitrogens with two attached hydrogens (primary N) is 1. The predicted molar refractivity (Wildman–Crippen MR) is 94.4 cm³/mol. The highest BCUT2D eigenvalue weighted by atomic mass is 16.6. The molecular weight excluding hydrogens is 298 g/mol. The van der Waals surface area contributed by atoms with E-state index >= 15 is 0 Å². The Morgan fingerprint density at radius 2 is 1.67 bits per heavy atom. The molecule has 2 fully saturated rings. The SMILES string of the molecule is NC(c1ccncc1)C1CCN(C(c2ccccc2)C2CO2)CC1. The third kappa shape index (κ3) is 3.36. The van der Waals surface area contributed by atoms with Crippen molar-refractivity contribution in [2.75, 3.05) is 19.7 Å². The Kier molecular flexibility index (Phi) is 4.60. The van der Waals surface area contributed by atoms with Crippen LogP contribution in [0.4, 0.5) is 0 Å². The third-order valence-corrected chi connectivity index (χ3v) is 5.42. The van der Waals surface area contributed by atoms with Gasteiger partial charge in [0.25, 0.3) is 0 Å². The van der Waals surface area contributed by atoms with E-state index in [2.05, 4.69) is 40.2 Å². The van der Waals surface area contributed by atoms with Crippen LogP contribution in [0.25, 0.3) is 0 Å². The highest BCUT2D eigenvalue weighted by Crippen LogP contribution is 2.37. The van der Waals surface area contributed by atoms with Crippen molar-refractivity contribution in [1.82, 2.24) is 9.88 Å². The van der Waals surface area contributed by atoms with E-state index in [0.29, 0.717) is 18.1 Å². The molecule has 4 heteroatoms. The molecule has 3 atom stereocenters. The summed E-state index contributed by atoms with van der Waals surface area (Å²) in [5.74, 6) is 0.542. The summed E-state index contributed by atoms with van der Waals surface area (Å²) >= 11 is 0. The van der Waals surface area contributed by atoms with Gasteiger partial charge in [0.1, 0.15) is 6.10 Å². The zero-order chi connectivity index (χ0) is 16.4. The van der Waals surface area contributed by atoms with Gasteiger partial charge in [-0.2, -0.15) is 0 Å². The molecule has 0 aliphatic carbocycles. The second-order valence-corrected chi connectivity index (χ2v) is 6.91. The van der Waals surface area contributed by atoms with Crippen LogP contribution in [-0.2, 0) is 4.74 Å². The Labute approximate surface area is 143 Å². The average molecular weight is 323 g/mol. The van der Waals surface area contributed by atoms with Crippen LogP contribution in [0.1, 0.15) is 36.1 Å². The normalized spacial score (nSPS) is 24.5. The Morgan fingerprint density at radius 3 is 2.29 bits per heavy atom. The molecule has 0 spiro atoms. The number of piperidine rings is 1. The summed E-state index contributed by atoms with van der Waals surface area (Å²) in [4.78, 5) is 6.68. The van der Waals surface area contributed by atoms with Crippen molar-refractivity contribution in [3.05, 3.63) is 66.0 Å². The fraction of sp³-hybridized carbons (Fsp3) is 0.450. The van der Waals surface area contributed by atoms with Crippen LogP contribution in [0.15, 0.2) is 54.9 Å². The van der Waals surface area contributed by atoms with Crippen LogP contribution in [0.5, 0.6) is 0 Å². The number of benzene rings is 1. The second-order valence-electron chi connectivity index (χ2n) is 6.91. The number of likely N-dealkylation sites (tertiary alicyclic amines) is 1. The molecule has 0 amide bonds. The molecule has 2 aliphatic rings. The quantitative estimate of drug-likeness (QED) is 0.860. The number of rotatable bonds is 5.